The van der Waals surface area contributed by atoms with Gasteiger partial charge in [-0.05, 0) is 25.2 Å². The van der Waals surface area contributed by atoms with Gasteiger partial charge < -0.3 is 15.2 Å². The normalized spacial score (nSPS) is 20.6. The van der Waals surface area contributed by atoms with Gasteiger partial charge in [-0.1, -0.05) is 0 Å². The average Bonchev–Trinajstić information content (AvgIpc) is 2.80. The second kappa shape index (κ2) is 5.02. The molecule has 0 aliphatic carbocycles. The van der Waals surface area contributed by atoms with Gasteiger partial charge in [0.25, 0.3) is 5.91 Å². The lowest BCUT2D eigenvalue weighted by molar-refractivity contribution is -0.119. The minimum Gasteiger partial charge on any atom is -0.364 e. The summed E-state index contributed by atoms with van der Waals surface area (Å²) in [6, 6.07) is 1.44. The van der Waals surface area contributed by atoms with E-state index in [1.54, 1.807) is 11.8 Å². The van der Waals surface area contributed by atoms with E-state index in [0.717, 1.165) is 18.5 Å². The summed E-state index contributed by atoms with van der Waals surface area (Å²) in [4.78, 5) is 40.3. The summed E-state index contributed by atoms with van der Waals surface area (Å²) in [5, 5.41) is 2.87. The van der Waals surface area contributed by atoms with Gasteiger partial charge in [0.2, 0.25) is 5.91 Å². The van der Waals surface area contributed by atoms with Gasteiger partial charge in [-0.3, -0.25) is 14.4 Å². The van der Waals surface area contributed by atoms with E-state index < -0.39 is 0 Å². The van der Waals surface area contributed by atoms with Gasteiger partial charge >= 0.3 is 0 Å². The summed E-state index contributed by atoms with van der Waals surface area (Å²) in [6.07, 6.45) is 3.66. The van der Waals surface area contributed by atoms with E-state index >= 15 is 0 Å². The Bertz CT molecular complexity index is 642. The topological polar surface area (TPSA) is 82.3 Å². The average molecular weight is 289 g/mol. The van der Waals surface area contributed by atoms with Crippen LogP contribution in [-0.4, -0.2) is 41.3 Å². The number of carbonyl (C=O) groups is 2. The lowest BCUT2D eigenvalue weighted by Crippen LogP contribution is -2.45. The van der Waals surface area contributed by atoms with Gasteiger partial charge in [-0.2, -0.15) is 0 Å². The number of nitrogens with one attached hydrogen (secondary N) is 2. The number of piperidine rings is 1. The van der Waals surface area contributed by atoms with Crippen molar-refractivity contribution in [2.24, 2.45) is 5.41 Å². The molecule has 1 spiro atoms. The Kier molecular flexibility index (Phi) is 3.31. The van der Waals surface area contributed by atoms with E-state index in [4.69, 9.17) is 0 Å². The van der Waals surface area contributed by atoms with Gasteiger partial charge in [0, 0.05) is 44.0 Å². The first-order valence-corrected chi connectivity index (χ1v) is 7.24. The fourth-order valence-corrected chi connectivity index (χ4v) is 3.20. The zero-order chi connectivity index (χ0) is 15.0. The number of nitrogens with zero attached hydrogens (tertiary/aromatic N) is 1. The summed E-state index contributed by atoms with van der Waals surface area (Å²) < 4.78 is 0. The second-order valence-electron chi connectivity index (χ2n) is 6.14. The van der Waals surface area contributed by atoms with Gasteiger partial charge in [-0.25, -0.2) is 0 Å². The van der Waals surface area contributed by atoms with E-state index in [9.17, 15) is 14.4 Å². The molecular formula is C15H19N3O3. The van der Waals surface area contributed by atoms with E-state index in [2.05, 4.69) is 10.3 Å². The first-order valence-electron chi connectivity index (χ1n) is 7.24. The van der Waals surface area contributed by atoms with Crippen LogP contribution in [0.25, 0.3) is 0 Å². The first-order chi connectivity index (χ1) is 9.99. The molecule has 6 nitrogen and oxygen atoms in total. The molecule has 2 amide bonds. The van der Waals surface area contributed by atoms with Crippen molar-refractivity contribution in [2.75, 3.05) is 19.6 Å². The van der Waals surface area contributed by atoms with Crippen molar-refractivity contribution < 1.29 is 9.59 Å². The molecule has 0 radical (unpaired) electrons. The van der Waals surface area contributed by atoms with Crippen LogP contribution in [0.15, 0.2) is 17.1 Å². The molecule has 0 saturated carbocycles. The number of aromatic amines is 1. The van der Waals surface area contributed by atoms with Gasteiger partial charge in [0.1, 0.15) is 5.56 Å². The third-order valence-corrected chi connectivity index (χ3v) is 4.60. The van der Waals surface area contributed by atoms with Gasteiger partial charge in [0.15, 0.2) is 5.43 Å². The molecular weight excluding hydrogens is 270 g/mol. The molecule has 0 unspecified atom stereocenters. The molecule has 0 atom stereocenters. The number of pyridine rings is 1. The SMILES string of the molecule is Cc1cc(=O)c(C(=O)N2CCC3(CC2)CNC(=O)C3)c[nH]1. The summed E-state index contributed by atoms with van der Waals surface area (Å²) in [6.45, 7) is 3.69. The Morgan fingerprint density at radius 3 is 2.57 bits per heavy atom. The van der Waals surface area contributed by atoms with Crippen LogP contribution in [0.2, 0.25) is 0 Å². The van der Waals surface area contributed by atoms with Crippen molar-refractivity contribution in [2.45, 2.75) is 26.2 Å². The van der Waals surface area contributed by atoms with E-state index in [-0.39, 0.29) is 28.2 Å². The number of likely N-dealkylation sites (tertiary alicyclic amines) is 1. The van der Waals surface area contributed by atoms with Gasteiger partial charge in [-0.15, -0.1) is 0 Å². The number of H-pyrrole nitrogens is 1. The van der Waals surface area contributed by atoms with Crippen molar-refractivity contribution in [3.63, 3.8) is 0 Å². The molecule has 2 fully saturated rings. The first kappa shape index (κ1) is 13.9. The Labute approximate surface area is 122 Å². The number of hydrogen-bond acceptors (Lipinski definition) is 3. The van der Waals surface area contributed by atoms with Crippen LogP contribution in [-0.2, 0) is 4.79 Å². The molecule has 0 aromatic carbocycles. The van der Waals surface area contributed by atoms with E-state index in [0.29, 0.717) is 26.1 Å². The fraction of sp³-hybridized carbons (Fsp3) is 0.533. The maximum atomic E-state index is 12.4. The highest BCUT2D eigenvalue weighted by atomic mass is 16.2. The smallest absolute Gasteiger partial charge is 0.259 e. The molecule has 1 aromatic heterocycles. The Balaban J connectivity index is 1.70. The van der Waals surface area contributed by atoms with Crippen LogP contribution in [0.4, 0.5) is 0 Å². The molecule has 3 heterocycles. The maximum Gasteiger partial charge on any atom is 0.259 e. The molecule has 21 heavy (non-hydrogen) atoms. The highest BCUT2D eigenvalue weighted by Gasteiger charge is 2.41. The van der Waals surface area contributed by atoms with E-state index in [1.165, 1.54) is 12.3 Å². The molecule has 1 aromatic rings. The number of amides is 2. The van der Waals surface area contributed by atoms with Crippen molar-refractivity contribution in [1.82, 2.24) is 15.2 Å². The highest BCUT2D eigenvalue weighted by molar-refractivity contribution is 5.94. The van der Waals surface area contributed by atoms with Crippen molar-refractivity contribution >= 4 is 11.8 Å². The number of rotatable bonds is 1. The molecule has 3 rings (SSSR count). The Morgan fingerprint density at radius 1 is 1.29 bits per heavy atom. The Morgan fingerprint density at radius 2 is 2.00 bits per heavy atom. The number of aryl methyl sites for hydroxylation is 1. The molecule has 2 aliphatic heterocycles. The fourth-order valence-electron chi connectivity index (χ4n) is 3.20. The van der Waals surface area contributed by atoms with Gasteiger partial charge in [0.05, 0.1) is 0 Å². The van der Waals surface area contributed by atoms with Crippen molar-refractivity contribution in [3.05, 3.63) is 33.7 Å². The largest absolute Gasteiger partial charge is 0.364 e. The molecule has 112 valence electrons. The standard InChI is InChI=1S/C15H19N3O3/c1-10-6-12(19)11(8-16-10)14(21)18-4-2-15(3-5-18)7-13(20)17-9-15/h6,8H,2-5,7,9H2,1H3,(H,16,19)(H,17,20). The molecule has 6 heteroatoms. The van der Waals surface area contributed by atoms with Crippen LogP contribution < -0.4 is 10.7 Å². The minimum atomic E-state index is -0.241. The van der Waals surface area contributed by atoms with Crippen LogP contribution in [0, 0.1) is 12.3 Å². The quantitative estimate of drug-likeness (QED) is 0.786. The lowest BCUT2D eigenvalue weighted by atomic mass is 9.77. The third kappa shape index (κ3) is 2.57. The lowest BCUT2D eigenvalue weighted by Gasteiger charge is -2.38. The summed E-state index contributed by atoms with van der Waals surface area (Å²) in [7, 11) is 0. The minimum absolute atomic E-state index is 0.00750. The molecule has 2 N–H and O–H groups in total. The predicted molar refractivity (Wildman–Crippen MR) is 77.0 cm³/mol. The number of hydrogen-bond donors (Lipinski definition) is 2. The van der Waals surface area contributed by atoms with Crippen LogP contribution >= 0.6 is 0 Å². The Hall–Kier alpha value is -2.11. The van der Waals surface area contributed by atoms with Crippen LogP contribution in [0.1, 0.15) is 35.3 Å². The maximum absolute atomic E-state index is 12.4. The summed E-state index contributed by atoms with van der Waals surface area (Å²) >= 11 is 0. The van der Waals surface area contributed by atoms with Crippen LogP contribution in [0.5, 0.6) is 0 Å². The zero-order valence-electron chi connectivity index (χ0n) is 12.1. The number of aromatic nitrogens is 1. The monoisotopic (exact) mass is 289 g/mol. The number of carbonyl (C=O) groups excluding carboxylic acids is 2. The summed E-state index contributed by atoms with van der Waals surface area (Å²) in [5.41, 5.74) is 0.698. The molecule has 2 aliphatic rings. The van der Waals surface area contributed by atoms with Crippen LogP contribution in [0.3, 0.4) is 0 Å². The molecule has 2 saturated heterocycles. The zero-order valence-corrected chi connectivity index (χ0v) is 12.1. The van der Waals surface area contributed by atoms with E-state index in [1.807, 2.05) is 0 Å². The van der Waals surface area contributed by atoms with Crippen molar-refractivity contribution in [1.29, 1.82) is 0 Å². The third-order valence-electron chi connectivity index (χ3n) is 4.60. The highest BCUT2D eigenvalue weighted by Crippen LogP contribution is 2.37. The summed E-state index contributed by atoms with van der Waals surface area (Å²) in [5.74, 6) is -0.117. The predicted octanol–water partition coefficient (Wildman–Crippen LogP) is 0.426. The van der Waals surface area contributed by atoms with Crippen molar-refractivity contribution in [3.8, 4) is 0 Å². The molecule has 0 bridgehead atoms. The second-order valence-corrected chi connectivity index (χ2v) is 6.14.